The minimum atomic E-state index is -0.250. The van der Waals surface area contributed by atoms with Crippen molar-refractivity contribution in [2.24, 2.45) is 5.92 Å². The second-order valence-corrected chi connectivity index (χ2v) is 6.15. The molecule has 6 nitrogen and oxygen atoms in total. The molecule has 0 aromatic rings. The highest BCUT2D eigenvalue weighted by molar-refractivity contribution is 5.77. The van der Waals surface area contributed by atoms with E-state index in [0.717, 1.165) is 19.6 Å². The summed E-state index contributed by atoms with van der Waals surface area (Å²) < 4.78 is 5.44. The topological polar surface area (TPSA) is 70.1 Å². The average Bonchev–Trinajstić information content (AvgIpc) is 2.65. The Balaban J connectivity index is 0.000000677. The summed E-state index contributed by atoms with van der Waals surface area (Å²) in [7, 11) is 2.20. The fraction of sp³-hybridized carbons (Fsp3) is 0.867. The minimum Gasteiger partial charge on any atom is -0.483 e. The van der Waals surface area contributed by atoms with Crippen LogP contribution in [0.25, 0.3) is 0 Å². The largest absolute Gasteiger partial charge is 0.483 e. The van der Waals surface area contributed by atoms with Crippen LogP contribution in [0.4, 0.5) is 0 Å². The molecule has 6 heteroatoms. The van der Waals surface area contributed by atoms with Crippen molar-refractivity contribution in [3.05, 3.63) is 0 Å². The summed E-state index contributed by atoms with van der Waals surface area (Å²) in [4.78, 5) is 25.0. The van der Waals surface area contributed by atoms with Crippen LogP contribution in [0, 0.1) is 5.92 Å². The van der Waals surface area contributed by atoms with Gasteiger partial charge < -0.3 is 19.6 Å². The van der Waals surface area contributed by atoms with Gasteiger partial charge in [-0.25, -0.2) is 0 Å². The van der Waals surface area contributed by atoms with Gasteiger partial charge in [0, 0.05) is 25.7 Å². The monoisotopic (exact) mass is 300 g/mol. The predicted octanol–water partition coefficient (Wildman–Crippen LogP) is 1.05. The van der Waals surface area contributed by atoms with Crippen molar-refractivity contribution in [1.29, 1.82) is 0 Å². The van der Waals surface area contributed by atoms with E-state index < -0.39 is 0 Å². The summed E-state index contributed by atoms with van der Waals surface area (Å²) in [5, 5.41) is 6.89. The van der Waals surface area contributed by atoms with E-state index in [-0.39, 0.29) is 25.1 Å². The van der Waals surface area contributed by atoms with Gasteiger partial charge in [-0.3, -0.25) is 9.59 Å². The fourth-order valence-electron chi connectivity index (χ4n) is 3.06. The number of carboxylic acid groups (broad SMARTS) is 1. The summed E-state index contributed by atoms with van der Waals surface area (Å²) in [5.74, 6) is 0.807. The first kappa shape index (κ1) is 17.9. The molecule has 2 saturated heterocycles. The highest BCUT2D eigenvalue weighted by Gasteiger charge is 2.32. The maximum atomic E-state index is 12.2. The third-order valence-electron chi connectivity index (χ3n) is 4.12. The molecule has 1 amide bonds. The summed E-state index contributed by atoms with van der Waals surface area (Å²) in [6.07, 6.45) is 3.92. The van der Waals surface area contributed by atoms with E-state index in [4.69, 9.17) is 14.6 Å². The number of carbonyl (C=O) groups excluding carboxylic acids is 1. The van der Waals surface area contributed by atoms with E-state index in [9.17, 15) is 4.79 Å². The van der Waals surface area contributed by atoms with Gasteiger partial charge in [-0.2, -0.15) is 0 Å². The van der Waals surface area contributed by atoms with Crippen LogP contribution < -0.4 is 0 Å². The summed E-state index contributed by atoms with van der Waals surface area (Å²) in [5.41, 5.74) is 0. The van der Waals surface area contributed by atoms with Crippen LogP contribution in [0.5, 0.6) is 0 Å². The Labute approximate surface area is 127 Å². The normalized spacial score (nSPS) is 25.8. The number of hydrogen-bond acceptors (Lipinski definition) is 4. The smallest absolute Gasteiger partial charge is 0.290 e. The first-order chi connectivity index (χ1) is 9.97. The lowest BCUT2D eigenvalue weighted by Crippen LogP contribution is -2.43. The van der Waals surface area contributed by atoms with Crippen molar-refractivity contribution in [1.82, 2.24) is 9.80 Å². The maximum Gasteiger partial charge on any atom is 0.290 e. The number of fused-ring (bicyclic) bond motifs is 3. The first-order valence-electron chi connectivity index (χ1n) is 7.65. The molecule has 0 aromatic carbocycles. The molecule has 0 saturated carbocycles. The Morgan fingerprint density at radius 1 is 1.33 bits per heavy atom. The minimum absolute atomic E-state index is 0.128. The Hall–Kier alpha value is -1.14. The van der Waals surface area contributed by atoms with Gasteiger partial charge in [0.05, 0.1) is 6.10 Å². The van der Waals surface area contributed by atoms with Gasteiger partial charge in [0.15, 0.2) is 0 Å². The van der Waals surface area contributed by atoms with Gasteiger partial charge in [0.25, 0.3) is 6.47 Å². The quantitative estimate of drug-likeness (QED) is 0.789. The lowest BCUT2D eigenvalue weighted by atomic mass is 10.00. The molecule has 2 rings (SSSR count). The molecule has 1 N–H and O–H groups in total. The molecule has 122 valence electrons. The zero-order valence-corrected chi connectivity index (χ0v) is 13.3. The number of rotatable bonds is 3. The van der Waals surface area contributed by atoms with Crippen LogP contribution in [0.15, 0.2) is 0 Å². The van der Waals surface area contributed by atoms with Crippen LogP contribution in [0.1, 0.15) is 33.1 Å². The van der Waals surface area contributed by atoms with E-state index in [0.29, 0.717) is 12.0 Å². The van der Waals surface area contributed by atoms with Gasteiger partial charge in [0.1, 0.15) is 6.61 Å². The molecule has 0 spiro atoms. The third-order valence-corrected chi connectivity index (χ3v) is 4.12. The zero-order valence-electron chi connectivity index (χ0n) is 13.3. The molecule has 0 aliphatic carbocycles. The van der Waals surface area contributed by atoms with Gasteiger partial charge in [-0.15, -0.1) is 0 Å². The third kappa shape index (κ3) is 6.01. The van der Waals surface area contributed by atoms with Gasteiger partial charge in [0.2, 0.25) is 5.91 Å². The van der Waals surface area contributed by atoms with Crippen LogP contribution in [0.3, 0.4) is 0 Å². The van der Waals surface area contributed by atoms with Gasteiger partial charge in [-0.05, 0) is 39.7 Å². The maximum absolute atomic E-state index is 12.2. The Morgan fingerprint density at radius 3 is 2.62 bits per heavy atom. The molecule has 2 aliphatic rings. The highest BCUT2D eigenvalue weighted by Crippen LogP contribution is 2.25. The molecular formula is C15H28N2O4. The van der Waals surface area contributed by atoms with Crippen molar-refractivity contribution in [3.63, 3.8) is 0 Å². The Kier molecular flexibility index (Phi) is 7.67. The van der Waals surface area contributed by atoms with Crippen molar-refractivity contribution in [3.8, 4) is 0 Å². The summed E-state index contributed by atoms with van der Waals surface area (Å²) >= 11 is 0. The van der Waals surface area contributed by atoms with Gasteiger partial charge >= 0.3 is 0 Å². The molecule has 0 unspecified atom stereocenters. The van der Waals surface area contributed by atoms with Crippen LogP contribution in [-0.4, -0.2) is 72.7 Å². The molecule has 2 aliphatic heterocycles. The average molecular weight is 300 g/mol. The lowest BCUT2D eigenvalue weighted by molar-refractivity contribution is -0.138. The zero-order chi connectivity index (χ0) is 15.8. The molecule has 2 heterocycles. The van der Waals surface area contributed by atoms with E-state index in [1.165, 1.54) is 19.3 Å². The molecule has 21 heavy (non-hydrogen) atoms. The van der Waals surface area contributed by atoms with E-state index in [1.807, 2.05) is 18.7 Å². The van der Waals surface area contributed by atoms with E-state index in [2.05, 4.69) is 11.9 Å². The molecule has 2 bridgehead atoms. The lowest BCUT2D eigenvalue weighted by Gasteiger charge is -2.30. The second-order valence-electron chi connectivity index (χ2n) is 6.15. The Morgan fingerprint density at radius 2 is 2.00 bits per heavy atom. The van der Waals surface area contributed by atoms with Crippen molar-refractivity contribution in [2.75, 3.05) is 33.3 Å². The number of hydrogen-bond donors (Lipinski definition) is 1. The highest BCUT2D eigenvalue weighted by atomic mass is 16.5. The van der Waals surface area contributed by atoms with Crippen LogP contribution in [-0.2, 0) is 14.3 Å². The second kappa shape index (κ2) is 9.00. The number of ether oxygens (including phenoxy) is 1. The number of likely N-dealkylation sites (tertiary alicyclic amines) is 1. The number of carbonyl (C=O) groups is 2. The summed E-state index contributed by atoms with van der Waals surface area (Å²) in [6, 6.07) is 0.542. The molecule has 2 fully saturated rings. The molecular weight excluding hydrogens is 272 g/mol. The van der Waals surface area contributed by atoms with Crippen LogP contribution >= 0.6 is 0 Å². The summed E-state index contributed by atoms with van der Waals surface area (Å²) in [6.45, 7) is 6.87. The van der Waals surface area contributed by atoms with Crippen molar-refractivity contribution < 1.29 is 19.4 Å². The number of nitrogens with zero attached hydrogens (tertiary/aromatic N) is 2. The molecule has 2 atom stereocenters. The van der Waals surface area contributed by atoms with Gasteiger partial charge in [-0.1, -0.05) is 6.42 Å². The standard InChI is InChI=1S/C14H26N2O2.CH2O2/c1-11(2)18-10-14(17)16-8-12-5-4-6-13(9-16)15(3)7-12;2-1-3/h11-13H,4-10H2,1-3H3;1H,(H,2,3)/t12-,13-;/m0./s1. The SMILES string of the molecule is CC(C)OCC(=O)N1C[C@H]2CCC[C@@H](C1)N(C)C2.O=CO. The van der Waals surface area contributed by atoms with E-state index in [1.54, 1.807) is 0 Å². The first-order valence-corrected chi connectivity index (χ1v) is 7.65. The number of likely N-dealkylation sites (N-methyl/N-ethyl adjacent to an activating group) is 1. The Bertz CT molecular complexity index is 336. The molecule has 0 aromatic heterocycles. The molecule has 0 radical (unpaired) electrons. The predicted molar refractivity (Wildman–Crippen MR) is 80.1 cm³/mol. The van der Waals surface area contributed by atoms with E-state index >= 15 is 0 Å². The fourth-order valence-corrected chi connectivity index (χ4v) is 3.06. The van der Waals surface area contributed by atoms with Crippen LogP contribution in [0.2, 0.25) is 0 Å². The number of amides is 1. The van der Waals surface area contributed by atoms with Crippen molar-refractivity contribution in [2.45, 2.75) is 45.3 Å². The van der Waals surface area contributed by atoms with Crippen molar-refractivity contribution >= 4 is 12.4 Å².